The molecule has 1 heterocycles. The lowest BCUT2D eigenvalue weighted by Crippen LogP contribution is -2.42. The fourth-order valence-electron chi connectivity index (χ4n) is 4.84. The maximum absolute atomic E-state index is 11.9. The number of methoxy groups -OCH3 is 1. The molecule has 0 amide bonds. The van der Waals surface area contributed by atoms with Gasteiger partial charge < -0.3 is 14.6 Å². The highest BCUT2D eigenvalue weighted by Gasteiger charge is 2.51. The first-order valence-corrected chi connectivity index (χ1v) is 8.22. The van der Waals surface area contributed by atoms with E-state index in [0.29, 0.717) is 13.0 Å². The first kappa shape index (κ1) is 14.8. The molecule has 0 saturated carbocycles. The van der Waals surface area contributed by atoms with E-state index in [0.717, 1.165) is 46.4 Å². The van der Waals surface area contributed by atoms with Gasteiger partial charge in [0.15, 0.2) is 0 Å². The molecule has 1 N–H and O–H groups in total. The Bertz CT molecular complexity index is 733. The number of hydrogen-bond donors (Lipinski definition) is 1. The second-order valence-electron chi connectivity index (χ2n) is 7.18. The Hall–Kier alpha value is -1.81. The number of ether oxygens (including phenoxy) is 2. The van der Waals surface area contributed by atoms with Gasteiger partial charge in [-0.1, -0.05) is 19.1 Å². The van der Waals surface area contributed by atoms with Gasteiger partial charge in [-0.05, 0) is 48.8 Å². The second kappa shape index (κ2) is 4.84. The molecule has 4 nitrogen and oxygen atoms in total. The van der Waals surface area contributed by atoms with Crippen molar-refractivity contribution in [2.75, 3.05) is 13.7 Å². The lowest BCUT2D eigenvalue weighted by molar-refractivity contribution is -0.136. The number of aliphatic hydroxyl groups is 1. The van der Waals surface area contributed by atoms with Crippen molar-refractivity contribution < 1.29 is 19.4 Å². The van der Waals surface area contributed by atoms with Crippen LogP contribution in [0.5, 0.6) is 5.75 Å². The van der Waals surface area contributed by atoms with Gasteiger partial charge in [0.05, 0.1) is 13.2 Å². The van der Waals surface area contributed by atoms with E-state index in [1.807, 2.05) is 6.92 Å². The summed E-state index contributed by atoms with van der Waals surface area (Å²) in [6, 6.07) is 4.20. The molecule has 4 rings (SSSR count). The van der Waals surface area contributed by atoms with Crippen LogP contribution in [0.4, 0.5) is 0 Å². The molecule has 0 fully saturated rings. The summed E-state index contributed by atoms with van der Waals surface area (Å²) < 4.78 is 10.9. The van der Waals surface area contributed by atoms with E-state index in [-0.39, 0.29) is 17.3 Å². The predicted molar refractivity (Wildman–Crippen MR) is 85.4 cm³/mol. The Labute approximate surface area is 136 Å². The SMILES string of the molecule is COc1c(C)ccc2c1C(O)CC1C3=C(CCC21C)C(=O)OC3. The van der Waals surface area contributed by atoms with Crippen molar-refractivity contribution in [2.24, 2.45) is 5.92 Å². The Balaban J connectivity index is 1.91. The summed E-state index contributed by atoms with van der Waals surface area (Å²) >= 11 is 0. The fraction of sp³-hybridized carbons (Fsp3) is 0.526. The summed E-state index contributed by atoms with van der Waals surface area (Å²) in [7, 11) is 1.66. The Morgan fingerprint density at radius 2 is 2.17 bits per heavy atom. The van der Waals surface area contributed by atoms with Gasteiger partial charge in [-0.3, -0.25) is 0 Å². The summed E-state index contributed by atoms with van der Waals surface area (Å²) in [5.41, 5.74) is 5.01. The quantitative estimate of drug-likeness (QED) is 0.810. The molecule has 2 aliphatic carbocycles. The molecule has 0 radical (unpaired) electrons. The van der Waals surface area contributed by atoms with Crippen molar-refractivity contribution in [3.63, 3.8) is 0 Å². The van der Waals surface area contributed by atoms with Gasteiger partial charge in [0.2, 0.25) is 0 Å². The molecule has 23 heavy (non-hydrogen) atoms. The van der Waals surface area contributed by atoms with Gasteiger partial charge in [0.1, 0.15) is 12.4 Å². The molecule has 3 unspecified atom stereocenters. The average Bonchev–Trinajstić information content (AvgIpc) is 2.90. The van der Waals surface area contributed by atoms with E-state index in [1.165, 1.54) is 0 Å². The number of cyclic esters (lactones) is 1. The number of aryl methyl sites for hydroxylation is 1. The summed E-state index contributed by atoms with van der Waals surface area (Å²) in [6.07, 6.45) is 1.71. The minimum atomic E-state index is -0.569. The maximum atomic E-state index is 11.9. The first-order chi connectivity index (χ1) is 11.0. The van der Waals surface area contributed by atoms with Crippen molar-refractivity contribution in [3.05, 3.63) is 40.0 Å². The molecule has 0 aromatic heterocycles. The number of rotatable bonds is 1. The molecule has 1 aromatic carbocycles. The van der Waals surface area contributed by atoms with E-state index in [9.17, 15) is 9.90 Å². The second-order valence-corrected chi connectivity index (χ2v) is 7.18. The van der Waals surface area contributed by atoms with Crippen molar-refractivity contribution in [1.29, 1.82) is 0 Å². The van der Waals surface area contributed by atoms with Crippen LogP contribution in [0.15, 0.2) is 23.3 Å². The van der Waals surface area contributed by atoms with Crippen molar-refractivity contribution in [3.8, 4) is 5.75 Å². The highest BCUT2D eigenvalue weighted by molar-refractivity contribution is 5.92. The number of esters is 1. The zero-order chi connectivity index (χ0) is 16.4. The summed E-state index contributed by atoms with van der Waals surface area (Å²) in [5.74, 6) is 0.796. The van der Waals surface area contributed by atoms with Crippen molar-refractivity contribution in [2.45, 2.75) is 44.6 Å². The third-order valence-corrected chi connectivity index (χ3v) is 6.08. The molecular weight excluding hydrogens is 292 g/mol. The first-order valence-electron chi connectivity index (χ1n) is 8.22. The zero-order valence-corrected chi connectivity index (χ0v) is 13.8. The molecule has 3 aliphatic rings. The van der Waals surface area contributed by atoms with Crippen LogP contribution in [0.1, 0.15) is 49.0 Å². The molecule has 1 aliphatic heterocycles. The molecule has 122 valence electrons. The Kier molecular flexibility index (Phi) is 3.11. The van der Waals surface area contributed by atoms with Gasteiger partial charge >= 0.3 is 5.97 Å². The Morgan fingerprint density at radius 3 is 2.91 bits per heavy atom. The van der Waals surface area contributed by atoms with Crippen molar-refractivity contribution >= 4 is 5.97 Å². The third kappa shape index (κ3) is 1.84. The zero-order valence-electron chi connectivity index (χ0n) is 13.8. The molecule has 4 heteroatoms. The third-order valence-electron chi connectivity index (χ3n) is 6.08. The number of hydrogen-bond acceptors (Lipinski definition) is 4. The standard InChI is InChI=1S/C19H22O4/c1-10-4-5-13-16(17(10)22-3)15(20)8-14-12-9-23-18(21)11(12)6-7-19(13,14)2/h4-5,14-15,20H,6-9H2,1-3H3. The Morgan fingerprint density at radius 1 is 1.39 bits per heavy atom. The van der Waals surface area contributed by atoms with Crippen LogP contribution in [0.2, 0.25) is 0 Å². The molecule has 1 aromatic rings. The van der Waals surface area contributed by atoms with Crippen LogP contribution in [0.3, 0.4) is 0 Å². The number of fused-ring (bicyclic) bond motifs is 4. The normalized spacial score (nSPS) is 32.1. The highest BCUT2D eigenvalue weighted by atomic mass is 16.5. The van der Waals surface area contributed by atoms with Gasteiger partial charge in [-0.15, -0.1) is 0 Å². The molecule has 0 saturated heterocycles. The van der Waals surface area contributed by atoms with Crippen molar-refractivity contribution in [1.82, 2.24) is 0 Å². The number of carbonyl (C=O) groups is 1. The summed E-state index contributed by atoms with van der Waals surface area (Å²) in [4.78, 5) is 11.9. The van der Waals surface area contributed by atoms with E-state index >= 15 is 0 Å². The average molecular weight is 314 g/mol. The van der Waals surface area contributed by atoms with Gasteiger partial charge in [0, 0.05) is 16.6 Å². The minimum absolute atomic E-state index is 0.0810. The van der Waals surface area contributed by atoms with Crippen LogP contribution >= 0.6 is 0 Å². The number of carbonyl (C=O) groups excluding carboxylic acids is 1. The van der Waals surface area contributed by atoms with Crippen LogP contribution in [0, 0.1) is 12.8 Å². The minimum Gasteiger partial charge on any atom is -0.496 e. The molecule has 3 atom stereocenters. The number of aliphatic hydroxyl groups excluding tert-OH is 1. The summed E-state index contributed by atoms with van der Waals surface area (Å²) in [6.45, 7) is 4.65. The number of benzene rings is 1. The largest absolute Gasteiger partial charge is 0.496 e. The molecule has 0 spiro atoms. The van der Waals surface area contributed by atoms with Crippen LogP contribution < -0.4 is 4.74 Å². The van der Waals surface area contributed by atoms with Gasteiger partial charge in [-0.25, -0.2) is 4.79 Å². The van der Waals surface area contributed by atoms with Gasteiger partial charge in [0.25, 0.3) is 0 Å². The van der Waals surface area contributed by atoms with Gasteiger partial charge in [-0.2, -0.15) is 0 Å². The van der Waals surface area contributed by atoms with E-state index in [1.54, 1.807) is 7.11 Å². The van der Waals surface area contributed by atoms with E-state index in [4.69, 9.17) is 9.47 Å². The fourth-order valence-corrected chi connectivity index (χ4v) is 4.84. The lowest BCUT2D eigenvalue weighted by atomic mass is 9.56. The lowest BCUT2D eigenvalue weighted by Gasteiger charge is -2.48. The topological polar surface area (TPSA) is 55.8 Å². The summed E-state index contributed by atoms with van der Waals surface area (Å²) in [5, 5.41) is 10.8. The van der Waals surface area contributed by atoms with Crippen LogP contribution in [-0.2, 0) is 14.9 Å². The monoisotopic (exact) mass is 314 g/mol. The van der Waals surface area contributed by atoms with Crippen LogP contribution in [-0.4, -0.2) is 24.8 Å². The molecular formula is C19H22O4. The predicted octanol–water partition coefficient (Wildman–Crippen LogP) is 2.96. The highest BCUT2D eigenvalue weighted by Crippen LogP contribution is 2.57. The smallest absolute Gasteiger partial charge is 0.334 e. The molecule has 0 bridgehead atoms. The van der Waals surface area contributed by atoms with E-state index in [2.05, 4.69) is 19.1 Å². The van der Waals surface area contributed by atoms with E-state index < -0.39 is 6.10 Å². The maximum Gasteiger partial charge on any atom is 0.334 e. The van der Waals surface area contributed by atoms with Crippen LogP contribution in [0.25, 0.3) is 0 Å².